The van der Waals surface area contributed by atoms with Crippen LogP contribution in [0.15, 0.2) is 35.4 Å². The van der Waals surface area contributed by atoms with Crippen molar-refractivity contribution in [2.45, 2.75) is 49.1 Å². The van der Waals surface area contributed by atoms with Gasteiger partial charge in [-0.05, 0) is 44.4 Å². The molecular formula is C17H22N2OS. The zero-order valence-corrected chi connectivity index (χ0v) is 13.4. The van der Waals surface area contributed by atoms with E-state index in [0.29, 0.717) is 11.4 Å². The van der Waals surface area contributed by atoms with Gasteiger partial charge in [-0.3, -0.25) is 0 Å². The Labute approximate surface area is 130 Å². The fraction of sp³-hybridized carbons (Fsp3) is 0.471. The number of nitrogens with two attached hydrogens (primary N) is 1. The van der Waals surface area contributed by atoms with E-state index < -0.39 is 0 Å². The lowest BCUT2D eigenvalue weighted by molar-refractivity contribution is 0.127. The van der Waals surface area contributed by atoms with Crippen molar-refractivity contribution < 1.29 is 4.74 Å². The Kier molecular flexibility index (Phi) is 4.48. The number of ether oxygens (including phenoxy) is 1. The number of para-hydroxylation sites is 1. The molecule has 1 aliphatic rings. The van der Waals surface area contributed by atoms with Gasteiger partial charge in [-0.15, -0.1) is 0 Å². The number of nitrogens with zero attached hydrogens (tertiary/aromatic N) is 1. The molecule has 1 saturated heterocycles. The predicted octanol–water partition coefficient (Wildman–Crippen LogP) is 3.39. The van der Waals surface area contributed by atoms with Crippen LogP contribution in [0, 0.1) is 0 Å². The van der Waals surface area contributed by atoms with Crippen LogP contribution in [0.2, 0.25) is 0 Å². The van der Waals surface area contributed by atoms with Gasteiger partial charge in [-0.2, -0.15) is 0 Å². The first kappa shape index (κ1) is 14.8. The Morgan fingerprint density at radius 3 is 2.95 bits per heavy atom. The zero-order chi connectivity index (χ0) is 14.8. The summed E-state index contributed by atoms with van der Waals surface area (Å²) in [7, 11) is 0. The summed E-state index contributed by atoms with van der Waals surface area (Å²) in [5, 5.41) is 2.80. The fourth-order valence-corrected chi connectivity index (χ4v) is 3.96. The van der Waals surface area contributed by atoms with Crippen LogP contribution < -0.4 is 5.73 Å². The van der Waals surface area contributed by atoms with Crippen LogP contribution in [-0.2, 0) is 11.2 Å². The lowest BCUT2D eigenvalue weighted by Crippen LogP contribution is -2.19. The SMILES string of the molecule is CC(N)Cc1cc2ccccc2nc1SC1CCOC1C. The molecule has 3 unspecified atom stereocenters. The molecule has 112 valence electrons. The highest BCUT2D eigenvalue weighted by molar-refractivity contribution is 8.00. The van der Waals surface area contributed by atoms with E-state index in [4.69, 9.17) is 15.5 Å². The van der Waals surface area contributed by atoms with Gasteiger partial charge in [0.05, 0.1) is 11.6 Å². The maximum absolute atomic E-state index is 6.01. The number of benzene rings is 1. The van der Waals surface area contributed by atoms with E-state index in [-0.39, 0.29) is 6.04 Å². The van der Waals surface area contributed by atoms with Gasteiger partial charge in [0.2, 0.25) is 0 Å². The summed E-state index contributed by atoms with van der Waals surface area (Å²) < 4.78 is 5.67. The standard InChI is InChI=1S/C17H22N2OS/c1-11(18)9-14-10-13-5-3-4-6-15(13)19-17(14)21-16-7-8-20-12(16)2/h3-6,10-12,16H,7-9,18H2,1-2H3. The number of pyridine rings is 1. The van der Waals surface area contributed by atoms with E-state index in [2.05, 4.69) is 31.2 Å². The molecule has 0 bridgehead atoms. The smallest absolute Gasteiger partial charge is 0.100 e. The maximum atomic E-state index is 6.01. The van der Waals surface area contributed by atoms with Crippen LogP contribution in [0.1, 0.15) is 25.8 Å². The fourth-order valence-electron chi connectivity index (χ4n) is 2.75. The van der Waals surface area contributed by atoms with Gasteiger partial charge < -0.3 is 10.5 Å². The molecule has 1 aliphatic heterocycles. The van der Waals surface area contributed by atoms with Gasteiger partial charge in [0.1, 0.15) is 5.03 Å². The second-order valence-electron chi connectivity index (χ2n) is 5.85. The first-order valence-corrected chi connectivity index (χ1v) is 8.44. The Bertz CT molecular complexity index is 629. The number of hydrogen-bond acceptors (Lipinski definition) is 4. The van der Waals surface area contributed by atoms with Crippen LogP contribution in [-0.4, -0.2) is 29.0 Å². The molecule has 4 heteroatoms. The van der Waals surface area contributed by atoms with E-state index >= 15 is 0 Å². The molecule has 3 rings (SSSR count). The molecule has 3 atom stereocenters. The molecule has 1 aromatic carbocycles. The van der Waals surface area contributed by atoms with Gasteiger partial charge in [-0.1, -0.05) is 30.0 Å². The average Bonchev–Trinajstić information content (AvgIpc) is 2.84. The van der Waals surface area contributed by atoms with E-state index in [0.717, 1.165) is 30.0 Å². The van der Waals surface area contributed by atoms with Crippen molar-refractivity contribution in [2.75, 3.05) is 6.61 Å². The summed E-state index contributed by atoms with van der Waals surface area (Å²) >= 11 is 1.85. The Morgan fingerprint density at radius 1 is 1.43 bits per heavy atom. The van der Waals surface area contributed by atoms with Crippen molar-refractivity contribution in [3.63, 3.8) is 0 Å². The van der Waals surface area contributed by atoms with Crippen LogP contribution in [0.4, 0.5) is 0 Å². The van der Waals surface area contributed by atoms with Crippen LogP contribution >= 0.6 is 11.8 Å². The lowest BCUT2D eigenvalue weighted by Gasteiger charge is -2.17. The third-order valence-electron chi connectivity index (χ3n) is 3.87. The molecular weight excluding hydrogens is 280 g/mol. The normalized spacial score (nSPS) is 23.6. The van der Waals surface area contributed by atoms with Gasteiger partial charge in [0, 0.05) is 23.3 Å². The summed E-state index contributed by atoms with van der Waals surface area (Å²) in [5.41, 5.74) is 8.32. The molecule has 0 saturated carbocycles. The molecule has 2 heterocycles. The second kappa shape index (κ2) is 6.34. The molecule has 2 aromatic rings. The minimum Gasteiger partial charge on any atom is -0.377 e. The van der Waals surface area contributed by atoms with Crippen molar-refractivity contribution in [3.05, 3.63) is 35.9 Å². The molecule has 3 nitrogen and oxygen atoms in total. The summed E-state index contributed by atoms with van der Waals surface area (Å²) in [6, 6.07) is 10.7. The molecule has 0 radical (unpaired) electrons. The molecule has 2 N–H and O–H groups in total. The quantitative estimate of drug-likeness (QED) is 0.940. The van der Waals surface area contributed by atoms with E-state index in [1.54, 1.807) is 0 Å². The van der Waals surface area contributed by atoms with E-state index in [1.807, 2.05) is 24.8 Å². The van der Waals surface area contributed by atoms with Crippen molar-refractivity contribution in [1.29, 1.82) is 0 Å². The molecule has 21 heavy (non-hydrogen) atoms. The number of rotatable bonds is 4. The van der Waals surface area contributed by atoms with E-state index in [9.17, 15) is 0 Å². The van der Waals surface area contributed by atoms with Crippen molar-refractivity contribution in [3.8, 4) is 0 Å². The molecule has 1 aromatic heterocycles. The summed E-state index contributed by atoms with van der Waals surface area (Å²) in [4.78, 5) is 4.88. The number of fused-ring (bicyclic) bond motifs is 1. The first-order chi connectivity index (χ1) is 10.1. The van der Waals surface area contributed by atoms with Crippen LogP contribution in [0.3, 0.4) is 0 Å². The summed E-state index contributed by atoms with van der Waals surface area (Å²) in [6.45, 7) is 5.05. The van der Waals surface area contributed by atoms with Crippen LogP contribution in [0.5, 0.6) is 0 Å². The largest absolute Gasteiger partial charge is 0.377 e. The summed E-state index contributed by atoms with van der Waals surface area (Å²) in [6.07, 6.45) is 2.26. The van der Waals surface area contributed by atoms with Gasteiger partial charge in [0.25, 0.3) is 0 Å². The third kappa shape index (κ3) is 3.39. The van der Waals surface area contributed by atoms with Crippen molar-refractivity contribution in [2.24, 2.45) is 5.73 Å². The highest BCUT2D eigenvalue weighted by Crippen LogP contribution is 2.35. The lowest BCUT2D eigenvalue weighted by atomic mass is 10.1. The number of aromatic nitrogens is 1. The van der Waals surface area contributed by atoms with Gasteiger partial charge >= 0.3 is 0 Å². The maximum Gasteiger partial charge on any atom is 0.100 e. The third-order valence-corrected chi connectivity index (χ3v) is 5.37. The minimum atomic E-state index is 0.143. The highest BCUT2D eigenvalue weighted by Gasteiger charge is 2.26. The minimum absolute atomic E-state index is 0.143. The Balaban J connectivity index is 1.96. The van der Waals surface area contributed by atoms with Crippen molar-refractivity contribution >= 4 is 22.7 Å². The number of thioether (sulfide) groups is 1. The zero-order valence-electron chi connectivity index (χ0n) is 12.6. The second-order valence-corrected chi connectivity index (χ2v) is 7.08. The van der Waals surface area contributed by atoms with E-state index in [1.165, 1.54) is 10.9 Å². The predicted molar refractivity (Wildman–Crippen MR) is 88.8 cm³/mol. The Morgan fingerprint density at radius 2 is 2.24 bits per heavy atom. The molecule has 0 aliphatic carbocycles. The highest BCUT2D eigenvalue weighted by atomic mass is 32.2. The Hall–Kier alpha value is -1.10. The van der Waals surface area contributed by atoms with Gasteiger partial charge in [-0.25, -0.2) is 4.98 Å². The van der Waals surface area contributed by atoms with Gasteiger partial charge in [0.15, 0.2) is 0 Å². The first-order valence-electron chi connectivity index (χ1n) is 7.56. The monoisotopic (exact) mass is 302 g/mol. The van der Waals surface area contributed by atoms with Crippen molar-refractivity contribution in [1.82, 2.24) is 4.98 Å². The van der Waals surface area contributed by atoms with Crippen LogP contribution in [0.25, 0.3) is 10.9 Å². The molecule has 0 amide bonds. The molecule has 1 fully saturated rings. The summed E-state index contributed by atoms with van der Waals surface area (Å²) in [5.74, 6) is 0. The topological polar surface area (TPSA) is 48.1 Å². The number of hydrogen-bond donors (Lipinski definition) is 1. The molecule has 0 spiro atoms. The average molecular weight is 302 g/mol.